The summed E-state index contributed by atoms with van der Waals surface area (Å²) >= 11 is 3.44. The molecular formula is C24H20BrNO5. The van der Waals surface area contributed by atoms with Gasteiger partial charge in [0.25, 0.3) is 5.91 Å². The summed E-state index contributed by atoms with van der Waals surface area (Å²) < 4.78 is 11.6. The minimum absolute atomic E-state index is 0.0400. The van der Waals surface area contributed by atoms with Crippen molar-refractivity contribution in [1.29, 1.82) is 0 Å². The number of carbonyl (C=O) groups excluding carboxylic acids is 2. The molecule has 0 aliphatic rings. The van der Waals surface area contributed by atoms with E-state index >= 15 is 0 Å². The van der Waals surface area contributed by atoms with Gasteiger partial charge >= 0.3 is 5.97 Å². The van der Waals surface area contributed by atoms with Gasteiger partial charge in [-0.1, -0.05) is 42.5 Å². The zero-order valence-corrected chi connectivity index (χ0v) is 18.0. The van der Waals surface area contributed by atoms with Gasteiger partial charge < -0.3 is 19.9 Å². The fourth-order valence-electron chi connectivity index (χ4n) is 2.60. The minimum atomic E-state index is -0.744. The number of amides is 1. The standard InChI is InChI=1S/C24H20BrNO5/c25-20-8-4-5-9-22(20)31-19-12-10-17(11-13-19)16-21(24(29)30-15-14-27)26-23(28)18-6-2-1-3-7-18/h1-13,16,27H,14-15H2,(H,26,28)/b21-16-. The topological polar surface area (TPSA) is 84.9 Å². The summed E-state index contributed by atoms with van der Waals surface area (Å²) in [7, 11) is 0. The number of rotatable bonds is 8. The Morgan fingerprint density at radius 3 is 2.29 bits per heavy atom. The Labute approximate surface area is 188 Å². The van der Waals surface area contributed by atoms with Crippen LogP contribution in [-0.4, -0.2) is 30.2 Å². The largest absolute Gasteiger partial charge is 0.459 e. The van der Waals surface area contributed by atoms with Gasteiger partial charge in [-0.25, -0.2) is 4.79 Å². The van der Waals surface area contributed by atoms with Crippen LogP contribution < -0.4 is 10.1 Å². The molecule has 6 nitrogen and oxygen atoms in total. The lowest BCUT2D eigenvalue weighted by molar-refractivity contribution is -0.140. The lowest BCUT2D eigenvalue weighted by Gasteiger charge is -2.11. The summed E-state index contributed by atoms with van der Waals surface area (Å²) in [5, 5.41) is 11.5. The van der Waals surface area contributed by atoms with Gasteiger partial charge in [0.2, 0.25) is 0 Å². The van der Waals surface area contributed by atoms with Gasteiger partial charge in [0.15, 0.2) is 0 Å². The summed E-state index contributed by atoms with van der Waals surface area (Å²) in [6.45, 7) is -0.483. The number of carbonyl (C=O) groups is 2. The van der Waals surface area contributed by atoms with Gasteiger partial charge in [-0.3, -0.25) is 4.79 Å². The first-order valence-corrected chi connectivity index (χ1v) is 10.2. The third-order valence-corrected chi connectivity index (χ3v) is 4.74. The van der Waals surface area contributed by atoms with E-state index in [9.17, 15) is 9.59 Å². The van der Waals surface area contributed by atoms with Crippen LogP contribution in [-0.2, 0) is 9.53 Å². The number of hydrogen-bond donors (Lipinski definition) is 2. The molecule has 2 N–H and O–H groups in total. The number of esters is 1. The molecule has 0 saturated carbocycles. The molecule has 31 heavy (non-hydrogen) atoms. The molecule has 0 bridgehead atoms. The van der Waals surface area contributed by atoms with Crippen molar-refractivity contribution in [1.82, 2.24) is 5.32 Å². The van der Waals surface area contributed by atoms with Gasteiger partial charge in [0, 0.05) is 5.56 Å². The van der Waals surface area contributed by atoms with Crippen molar-refractivity contribution in [2.75, 3.05) is 13.2 Å². The van der Waals surface area contributed by atoms with Gasteiger partial charge in [-0.05, 0) is 64.0 Å². The van der Waals surface area contributed by atoms with E-state index < -0.39 is 11.9 Å². The Balaban J connectivity index is 1.79. The first kappa shape index (κ1) is 22.3. The molecule has 3 aromatic rings. The predicted molar refractivity (Wildman–Crippen MR) is 121 cm³/mol. The predicted octanol–water partition coefficient (Wildman–Crippen LogP) is 4.55. The van der Waals surface area contributed by atoms with Crippen LogP contribution >= 0.6 is 15.9 Å². The highest BCUT2D eigenvalue weighted by molar-refractivity contribution is 9.10. The first-order valence-electron chi connectivity index (χ1n) is 9.45. The maximum atomic E-state index is 12.5. The Morgan fingerprint density at radius 1 is 0.935 bits per heavy atom. The molecule has 0 heterocycles. The van der Waals surface area contributed by atoms with Crippen molar-refractivity contribution in [2.24, 2.45) is 0 Å². The van der Waals surface area contributed by atoms with E-state index in [1.54, 1.807) is 54.6 Å². The van der Waals surface area contributed by atoms with E-state index in [0.29, 0.717) is 22.6 Å². The fraction of sp³-hybridized carbons (Fsp3) is 0.0833. The number of ether oxygens (including phenoxy) is 2. The summed E-state index contributed by atoms with van der Waals surface area (Å²) in [4.78, 5) is 24.9. The maximum absolute atomic E-state index is 12.5. The minimum Gasteiger partial charge on any atom is -0.459 e. The summed E-state index contributed by atoms with van der Waals surface area (Å²) in [6.07, 6.45) is 1.50. The van der Waals surface area contributed by atoms with Crippen LogP contribution in [0.3, 0.4) is 0 Å². The molecule has 0 aliphatic carbocycles. The number of aliphatic hydroxyl groups excluding tert-OH is 1. The van der Waals surface area contributed by atoms with Crippen molar-refractivity contribution >= 4 is 33.9 Å². The molecule has 0 radical (unpaired) electrons. The number of para-hydroxylation sites is 1. The van der Waals surface area contributed by atoms with Crippen LogP contribution in [0.2, 0.25) is 0 Å². The number of halogens is 1. The number of benzene rings is 3. The first-order chi connectivity index (χ1) is 15.1. The SMILES string of the molecule is O=C(OCCO)/C(=C/c1ccc(Oc2ccccc2Br)cc1)NC(=O)c1ccccc1. The quantitative estimate of drug-likeness (QED) is 0.364. The Bertz CT molecular complexity index is 1060. The smallest absolute Gasteiger partial charge is 0.354 e. The zero-order valence-electron chi connectivity index (χ0n) is 16.5. The molecule has 0 aliphatic heterocycles. The molecule has 0 spiro atoms. The van der Waals surface area contributed by atoms with Gasteiger partial charge in [0.05, 0.1) is 11.1 Å². The van der Waals surface area contributed by atoms with Crippen LogP contribution in [0, 0.1) is 0 Å². The second-order valence-electron chi connectivity index (χ2n) is 6.34. The van der Waals surface area contributed by atoms with E-state index in [1.807, 2.05) is 24.3 Å². The van der Waals surface area contributed by atoms with Crippen molar-refractivity contribution < 1.29 is 24.2 Å². The molecule has 0 unspecified atom stereocenters. The highest BCUT2D eigenvalue weighted by Gasteiger charge is 2.16. The molecule has 158 valence electrons. The average molecular weight is 482 g/mol. The van der Waals surface area contributed by atoms with E-state index in [0.717, 1.165) is 4.47 Å². The van der Waals surface area contributed by atoms with Crippen LogP contribution in [0.5, 0.6) is 11.5 Å². The van der Waals surface area contributed by atoms with Crippen molar-refractivity contribution in [3.05, 3.63) is 100 Å². The number of nitrogens with one attached hydrogen (secondary N) is 1. The molecule has 3 aromatic carbocycles. The lowest BCUT2D eigenvalue weighted by Crippen LogP contribution is -2.29. The van der Waals surface area contributed by atoms with Gasteiger partial charge in [-0.2, -0.15) is 0 Å². The highest BCUT2D eigenvalue weighted by Crippen LogP contribution is 2.29. The van der Waals surface area contributed by atoms with Crippen LogP contribution in [0.4, 0.5) is 0 Å². The highest BCUT2D eigenvalue weighted by atomic mass is 79.9. The van der Waals surface area contributed by atoms with Gasteiger partial charge in [0.1, 0.15) is 23.8 Å². The Kier molecular flexibility index (Phi) is 7.98. The van der Waals surface area contributed by atoms with Crippen molar-refractivity contribution in [2.45, 2.75) is 0 Å². The molecular weight excluding hydrogens is 462 g/mol. The van der Waals surface area contributed by atoms with E-state index in [2.05, 4.69) is 21.2 Å². The molecule has 0 atom stereocenters. The zero-order chi connectivity index (χ0) is 22.1. The average Bonchev–Trinajstić information content (AvgIpc) is 2.80. The molecule has 3 rings (SSSR count). The molecule has 1 amide bonds. The van der Waals surface area contributed by atoms with Crippen molar-refractivity contribution in [3.63, 3.8) is 0 Å². The molecule has 0 fully saturated rings. The normalized spacial score (nSPS) is 11.0. The summed E-state index contributed by atoms with van der Waals surface area (Å²) in [5.41, 5.74) is 1.02. The molecule has 7 heteroatoms. The number of aliphatic hydroxyl groups is 1. The van der Waals surface area contributed by atoms with Crippen LogP contribution in [0.25, 0.3) is 6.08 Å². The second-order valence-corrected chi connectivity index (χ2v) is 7.19. The maximum Gasteiger partial charge on any atom is 0.354 e. The van der Waals surface area contributed by atoms with E-state index in [-0.39, 0.29) is 18.9 Å². The lowest BCUT2D eigenvalue weighted by atomic mass is 10.1. The molecule has 0 saturated heterocycles. The Hall–Kier alpha value is -3.42. The van der Waals surface area contributed by atoms with Gasteiger partial charge in [-0.15, -0.1) is 0 Å². The fourth-order valence-corrected chi connectivity index (χ4v) is 2.97. The van der Waals surface area contributed by atoms with Crippen LogP contribution in [0.1, 0.15) is 15.9 Å². The monoisotopic (exact) mass is 481 g/mol. The summed E-state index contributed by atoms with van der Waals surface area (Å²) in [6, 6.07) is 23.0. The second kappa shape index (κ2) is 11.1. The Morgan fingerprint density at radius 2 is 1.61 bits per heavy atom. The molecule has 0 aromatic heterocycles. The van der Waals surface area contributed by atoms with Crippen LogP contribution in [0.15, 0.2) is 89.0 Å². The third-order valence-electron chi connectivity index (χ3n) is 4.08. The number of hydrogen-bond acceptors (Lipinski definition) is 5. The van der Waals surface area contributed by atoms with Crippen molar-refractivity contribution in [3.8, 4) is 11.5 Å². The third kappa shape index (κ3) is 6.53. The van der Waals surface area contributed by atoms with E-state index in [4.69, 9.17) is 14.6 Å². The van der Waals surface area contributed by atoms with E-state index in [1.165, 1.54) is 6.08 Å². The summed E-state index contributed by atoms with van der Waals surface area (Å²) in [5.74, 6) is 0.101.